The van der Waals surface area contributed by atoms with Crippen molar-refractivity contribution >= 4 is 10.9 Å². The summed E-state index contributed by atoms with van der Waals surface area (Å²) in [6.45, 7) is 3.51. The van der Waals surface area contributed by atoms with Gasteiger partial charge in [0.05, 0.1) is 13.2 Å². The van der Waals surface area contributed by atoms with E-state index in [9.17, 15) is 4.79 Å². The van der Waals surface area contributed by atoms with E-state index in [1.54, 1.807) is 7.11 Å². The smallest absolute Gasteiger partial charge is 0.253 e. The summed E-state index contributed by atoms with van der Waals surface area (Å²) >= 11 is 0. The molecule has 1 atom stereocenters. The van der Waals surface area contributed by atoms with Crippen LogP contribution in [0.3, 0.4) is 0 Å². The van der Waals surface area contributed by atoms with Gasteiger partial charge in [0.25, 0.3) is 5.56 Å². The highest BCUT2D eigenvalue weighted by atomic mass is 16.5. The van der Waals surface area contributed by atoms with Crippen LogP contribution in [0.2, 0.25) is 0 Å². The fourth-order valence-corrected chi connectivity index (χ4v) is 5.02. The van der Waals surface area contributed by atoms with Gasteiger partial charge >= 0.3 is 0 Å². The molecule has 8 nitrogen and oxygen atoms in total. The topological polar surface area (TPSA) is 88.9 Å². The normalized spacial score (nSPS) is 15.3. The Morgan fingerprint density at radius 2 is 1.94 bits per heavy atom. The summed E-state index contributed by atoms with van der Waals surface area (Å²) in [5, 5.41) is 13.8. The van der Waals surface area contributed by atoms with Gasteiger partial charge in [-0.1, -0.05) is 50.1 Å². The van der Waals surface area contributed by atoms with Crippen LogP contribution in [0.4, 0.5) is 0 Å². The number of nitrogens with zero attached hydrogens (tertiary/aromatic N) is 5. The molecule has 34 heavy (non-hydrogen) atoms. The van der Waals surface area contributed by atoms with Gasteiger partial charge in [-0.3, -0.25) is 9.69 Å². The molecule has 2 aromatic heterocycles. The second-order valence-electron chi connectivity index (χ2n) is 8.88. The average molecular weight is 459 g/mol. The zero-order valence-corrected chi connectivity index (χ0v) is 19.6. The number of hydrogen-bond donors (Lipinski definition) is 1. The number of ether oxygens (including phenoxy) is 1. The van der Waals surface area contributed by atoms with Gasteiger partial charge in [0.1, 0.15) is 11.8 Å². The summed E-state index contributed by atoms with van der Waals surface area (Å²) in [5.74, 6) is 1.46. The number of hydrogen-bond acceptors (Lipinski definition) is 6. The second-order valence-corrected chi connectivity index (χ2v) is 8.88. The van der Waals surface area contributed by atoms with Gasteiger partial charge < -0.3 is 9.72 Å². The van der Waals surface area contributed by atoms with Crippen LogP contribution in [0.1, 0.15) is 61.6 Å². The molecule has 2 aromatic carbocycles. The Morgan fingerprint density at radius 1 is 1.15 bits per heavy atom. The fraction of sp³-hybridized carbons (Fsp3) is 0.385. The number of fused-ring (bicyclic) bond motifs is 1. The summed E-state index contributed by atoms with van der Waals surface area (Å²) < 4.78 is 7.38. The number of aromatic nitrogens is 5. The third-order valence-corrected chi connectivity index (χ3v) is 6.81. The second kappa shape index (κ2) is 9.77. The van der Waals surface area contributed by atoms with E-state index in [1.807, 2.05) is 47.1 Å². The molecule has 5 rings (SSSR count). The Bertz CT molecular complexity index is 1310. The van der Waals surface area contributed by atoms with Crippen LogP contribution in [0.15, 0.2) is 59.4 Å². The van der Waals surface area contributed by atoms with Crippen molar-refractivity contribution in [2.45, 2.75) is 51.2 Å². The Kier molecular flexibility index (Phi) is 6.40. The predicted octanol–water partition coefficient (Wildman–Crippen LogP) is 4.25. The van der Waals surface area contributed by atoms with Crippen LogP contribution in [0.5, 0.6) is 5.75 Å². The van der Waals surface area contributed by atoms with Crippen molar-refractivity contribution in [3.05, 3.63) is 81.9 Å². The lowest BCUT2D eigenvalue weighted by atomic mass is 10.0. The van der Waals surface area contributed by atoms with E-state index in [1.165, 1.54) is 18.4 Å². The van der Waals surface area contributed by atoms with E-state index in [0.29, 0.717) is 12.1 Å². The first-order chi connectivity index (χ1) is 16.7. The maximum Gasteiger partial charge on any atom is 0.253 e. The molecule has 0 amide bonds. The third-order valence-electron chi connectivity index (χ3n) is 6.81. The van der Waals surface area contributed by atoms with E-state index in [2.05, 4.69) is 44.5 Å². The maximum absolute atomic E-state index is 13.4. The van der Waals surface area contributed by atoms with Crippen molar-refractivity contribution in [3.63, 3.8) is 0 Å². The molecule has 0 bridgehead atoms. The van der Waals surface area contributed by atoms with E-state index in [-0.39, 0.29) is 17.6 Å². The largest absolute Gasteiger partial charge is 0.497 e. The molecule has 1 N–H and O–H groups in total. The van der Waals surface area contributed by atoms with E-state index in [0.717, 1.165) is 41.9 Å². The molecular weight excluding hydrogens is 428 g/mol. The van der Waals surface area contributed by atoms with Crippen molar-refractivity contribution in [1.29, 1.82) is 0 Å². The summed E-state index contributed by atoms with van der Waals surface area (Å²) in [4.78, 5) is 18.8. The molecule has 1 aliphatic rings. The number of methoxy groups -OCH3 is 1. The number of H-pyrrole nitrogens is 1. The lowest BCUT2D eigenvalue weighted by Gasteiger charge is -2.30. The van der Waals surface area contributed by atoms with Crippen LogP contribution in [-0.4, -0.2) is 43.7 Å². The molecule has 2 heterocycles. The number of aromatic amines is 1. The summed E-state index contributed by atoms with van der Waals surface area (Å²) in [5.41, 5.74) is 2.45. The zero-order chi connectivity index (χ0) is 23.5. The Labute approximate surface area is 198 Å². The van der Waals surface area contributed by atoms with E-state index in [4.69, 9.17) is 4.74 Å². The molecule has 1 aliphatic carbocycles. The Morgan fingerprint density at radius 3 is 2.68 bits per heavy atom. The zero-order valence-electron chi connectivity index (χ0n) is 19.6. The minimum atomic E-state index is -0.389. The van der Waals surface area contributed by atoms with Gasteiger partial charge in [0.2, 0.25) is 0 Å². The quantitative estimate of drug-likeness (QED) is 0.425. The highest BCUT2D eigenvalue weighted by Gasteiger charge is 2.32. The molecule has 0 radical (unpaired) electrons. The van der Waals surface area contributed by atoms with E-state index >= 15 is 0 Å². The summed E-state index contributed by atoms with van der Waals surface area (Å²) in [6.07, 6.45) is 4.46. The standard InChI is InChI=1S/C26H30N6O2/c1-3-31(17-18-9-5-4-6-10-18)24(25-28-29-30-32(25)20-11-7-8-12-20)22-16-19-15-21(34-2)13-14-23(19)27-26(22)33/h4-6,9-10,13-16,20,24H,3,7-8,11-12,17H2,1-2H3,(H,27,33)/t24-/m0/s1. The Hall–Kier alpha value is -3.52. The van der Waals surface area contributed by atoms with Crippen LogP contribution >= 0.6 is 0 Å². The number of benzene rings is 2. The molecule has 176 valence electrons. The minimum absolute atomic E-state index is 0.129. The van der Waals surface area contributed by atoms with Gasteiger partial charge in [0.15, 0.2) is 5.82 Å². The van der Waals surface area contributed by atoms with Crippen molar-refractivity contribution in [3.8, 4) is 5.75 Å². The third kappa shape index (κ3) is 4.33. The first kappa shape index (κ1) is 22.3. The molecule has 0 saturated heterocycles. The minimum Gasteiger partial charge on any atom is -0.497 e. The number of rotatable bonds is 8. The first-order valence-corrected chi connectivity index (χ1v) is 11.9. The molecular formula is C26H30N6O2. The highest BCUT2D eigenvalue weighted by molar-refractivity contribution is 5.80. The molecule has 1 fully saturated rings. The van der Waals surface area contributed by atoms with Crippen molar-refractivity contribution < 1.29 is 4.74 Å². The maximum atomic E-state index is 13.4. The molecule has 1 saturated carbocycles. The number of tetrazole rings is 1. The lowest BCUT2D eigenvalue weighted by Crippen LogP contribution is -2.35. The average Bonchev–Trinajstić information content (AvgIpc) is 3.56. The fourth-order valence-electron chi connectivity index (χ4n) is 5.02. The molecule has 8 heteroatoms. The number of nitrogens with one attached hydrogen (secondary N) is 1. The van der Waals surface area contributed by atoms with Gasteiger partial charge in [0, 0.05) is 23.0 Å². The van der Waals surface area contributed by atoms with Gasteiger partial charge in [-0.25, -0.2) is 4.68 Å². The monoisotopic (exact) mass is 458 g/mol. The Balaban J connectivity index is 1.66. The van der Waals surface area contributed by atoms with Crippen LogP contribution < -0.4 is 10.3 Å². The molecule has 0 aliphatic heterocycles. The van der Waals surface area contributed by atoms with Crippen molar-refractivity contribution in [1.82, 2.24) is 30.1 Å². The highest BCUT2D eigenvalue weighted by Crippen LogP contribution is 2.34. The van der Waals surface area contributed by atoms with Gasteiger partial charge in [-0.15, -0.1) is 5.10 Å². The summed E-state index contributed by atoms with van der Waals surface area (Å²) in [7, 11) is 1.64. The molecule has 0 unspecified atom stereocenters. The van der Waals surface area contributed by atoms with E-state index < -0.39 is 0 Å². The number of pyridine rings is 1. The first-order valence-electron chi connectivity index (χ1n) is 11.9. The molecule has 0 spiro atoms. The van der Waals surface area contributed by atoms with Gasteiger partial charge in [-0.05, 0) is 59.6 Å². The van der Waals surface area contributed by atoms with Crippen LogP contribution in [0, 0.1) is 0 Å². The predicted molar refractivity (Wildman–Crippen MR) is 131 cm³/mol. The lowest BCUT2D eigenvalue weighted by molar-refractivity contribution is 0.210. The van der Waals surface area contributed by atoms with Crippen molar-refractivity contribution in [2.24, 2.45) is 0 Å². The SMILES string of the molecule is CCN(Cc1ccccc1)[C@@H](c1cc2cc(OC)ccc2[nH]c1=O)c1nnnn1C1CCCC1. The van der Waals surface area contributed by atoms with Crippen molar-refractivity contribution in [2.75, 3.05) is 13.7 Å². The van der Waals surface area contributed by atoms with Crippen LogP contribution in [0.25, 0.3) is 10.9 Å². The summed E-state index contributed by atoms with van der Waals surface area (Å²) in [6, 6.07) is 17.8. The van der Waals surface area contributed by atoms with Gasteiger partial charge in [-0.2, -0.15) is 0 Å². The van der Waals surface area contributed by atoms with Crippen LogP contribution in [-0.2, 0) is 6.54 Å². The molecule has 4 aromatic rings.